The molecular weight excluding hydrogens is 505 g/mol. The van der Waals surface area contributed by atoms with E-state index in [2.05, 4.69) is 9.97 Å². The van der Waals surface area contributed by atoms with Gasteiger partial charge in [0.1, 0.15) is 22.2 Å². The highest BCUT2D eigenvalue weighted by Gasteiger charge is 2.32. The van der Waals surface area contributed by atoms with Gasteiger partial charge in [0.15, 0.2) is 11.6 Å². The molecule has 2 heterocycles. The van der Waals surface area contributed by atoms with Crippen LogP contribution in [0.5, 0.6) is 11.5 Å². The molecule has 5 rings (SSSR count). The quantitative estimate of drug-likeness (QED) is 0.334. The first-order chi connectivity index (χ1) is 17.8. The predicted octanol–water partition coefficient (Wildman–Crippen LogP) is 4.86. The van der Waals surface area contributed by atoms with Gasteiger partial charge in [-0.2, -0.15) is 4.31 Å². The van der Waals surface area contributed by atoms with E-state index in [0.29, 0.717) is 23.5 Å². The van der Waals surface area contributed by atoms with E-state index in [1.165, 1.54) is 0 Å². The van der Waals surface area contributed by atoms with Crippen LogP contribution in [-0.4, -0.2) is 48.9 Å². The number of anilines is 1. The fourth-order valence-electron chi connectivity index (χ4n) is 3.95. The second-order valence-corrected chi connectivity index (χ2v) is 10.2. The monoisotopic (exact) mass is 526 g/mol. The van der Waals surface area contributed by atoms with Gasteiger partial charge in [-0.1, -0.05) is 18.2 Å². The van der Waals surface area contributed by atoms with Crippen LogP contribution in [-0.2, 0) is 10.0 Å². The number of para-hydroxylation sites is 1. The van der Waals surface area contributed by atoms with Crippen LogP contribution in [0.25, 0.3) is 11.3 Å². The highest BCUT2D eigenvalue weighted by atomic mass is 32.2. The van der Waals surface area contributed by atoms with Crippen LogP contribution < -0.4 is 9.64 Å². The number of benzene rings is 3. The molecule has 0 atom stereocenters. The average molecular weight is 527 g/mol. The molecule has 11 heteroatoms. The van der Waals surface area contributed by atoms with Crippen molar-refractivity contribution in [2.24, 2.45) is 0 Å². The Hall–Kier alpha value is -3.96. The van der Waals surface area contributed by atoms with Gasteiger partial charge >= 0.3 is 0 Å². The van der Waals surface area contributed by atoms with Crippen molar-refractivity contribution in [3.8, 4) is 22.8 Å². The van der Waals surface area contributed by atoms with Crippen molar-refractivity contribution in [2.45, 2.75) is 4.90 Å². The number of sulfonamides is 1. The van der Waals surface area contributed by atoms with E-state index in [4.69, 9.17) is 4.74 Å². The van der Waals surface area contributed by atoms with Gasteiger partial charge < -0.3 is 9.64 Å². The van der Waals surface area contributed by atoms with Crippen molar-refractivity contribution in [1.29, 1.82) is 0 Å². The molecule has 0 amide bonds. The first-order valence-corrected chi connectivity index (χ1v) is 12.8. The minimum Gasteiger partial charge on any atom is -0.457 e. The van der Waals surface area contributed by atoms with Crippen LogP contribution in [0.15, 0.2) is 83.9 Å². The smallest absolute Gasteiger partial charge is 0.246 e. The van der Waals surface area contributed by atoms with Gasteiger partial charge in [0.25, 0.3) is 0 Å². The van der Waals surface area contributed by atoms with E-state index < -0.39 is 32.4 Å². The molecule has 190 valence electrons. The van der Waals surface area contributed by atoms with Gasteiger partial charge in [-0.05, 0) is 48.5 Å². The first kappa shape index (κ1) is 24.7. The number of hydrogen-bond donors (Lipinski definition) is 0. The van der Waals surface area contributed by atoms with Gasteiger partial charge in [-0.15, -0.1) is 0 Å². The van der Waals surface area contributed by atoms with Crippen LogP contribution in [0.2, 0.25) is 0 Å². The molecule has 7 nitrogen and oxygen atoms in total. The van der Waals surface area contributed by atoms with Crippen LogP contribution in [0.1, 0.15) is 0 Å². The third kappa shape index (κ3) is 5.27. The zero-order chi connectivity index (χ0) is 26.0. The molecule has 1 aliphatic rings. The van der Waals surface area contributed by atoms with Crippen LogP contribution >= 0.6 is 0 Å². The molecule has 0 aliphatic carbocycles. The minimum absolute atomic E-state index is 0.000121. The molecule has 1 aliphatic heterocycles. The lowest BCUT2D eigenvalue weighted by molar-refractivity contribution is 0.379. The van der Waals surface area contributed by atoms with Crippen molar-refractivity contribution in [1.82, 2.24) is 14.3 Å². The maximum absolute atomic E-state index is 14.1. The molecule has 4 aromatic rings. The Morgan fingerprint density at radius 1 is 0.757 bits per heavy atom. The van der Waals surface area contributed by atoms with E-state index in [0.717, 1.165) is 15.6 Å². The minimum atomic E-state index is -4.34. The van der Waals surface area contributed by atoms with Gasteiger partial charge in [0.05, 0.1) is 5.69 Å². The largest absolute Gasteiger partial charge is 0.457 e. The molecule has 0 radical (unpaired) electrons. The molecule has 3 aromatic carbocycles. The van der Waals surface area contributed by atoms with Gasteiger partial charge in [0, 0.05) is 44.0 Å². The van der Waals surface area contributed by atoms with E-state index >= 15 is 0 Å². The normalized spacial score (nSPS) is 14.5. The van der Waals surface area contributed by atoms with Crippen molar-refractivity contribution in [3.63, 3.8) is 0 Å². The molecule has 37 heavy (non-hydrogen) atoms. The lowest BCUT2D eigenvalue weighted by Crippen LogP contribution is -2.49. The Kier molecular flexibility index (Phi) is 6.81. The highest BCUT2D eigenvalue weighted by Crippen LogP contribution is 2.27. The average Bonchev–Trinajstić information content (AvgIpc) is 2.92. The van der Waals surface area contributed by atoms with E-state index in [-0.39, 0.29) is 32.2 Å². The van der Waals surface area contributed by atoms with Crippen LogP contribution in [0, 0.1) is 17.5 Å². The summed E-state index contributed by atoms with van der Waals surface area (Å²) in [5.74, 6) is -2.39. The fraction of sp³-hybridized carbons (Fsp3) is 0.154. The number of nitrogens with zero attached hydrogens (tertiary/aromatic N) is 4. The summed E-state index contributed by atoms with van der Waals surface area (Å²) in [4.78, 5) is 9.85. The highest BCUT2D eigenvalue weighted by molar-refractivity contribution is 7.89. The third-order valence-electron chi connectivity index (χ3n) is 5.89. The van der Waals surface area contributed by atoms with E-state index in [1.807, 2.05) is 59.5 Å². The SMILES string of the molecule is O=S(=O)(c1cc(F)c(F)cc1F)N1CCN(c2nccc(-c3ccc(Oc4ccccc4)cc3)n2)CC1. The first-order valence-electron chi connectivity index (χ1n) is 11.4. The summed E-state index contributed by atoms with van der Waals surface area (Å²) < 4.78 is 73.5. The van der Waals surface area contributed by atoms with Crippen molar-refractivity contribution in [2.75, 3.05) is 31.1 Å². The van der Waals surface area contributed by atoms with Gasteiger partial charge in [0.2, 0.25) is 16.0 Å². The number of hydrogen-bond acceptors (Lipinski definition) is 6. The van der Waals surface area contributed by atoms with Crippen LogP contribution in [0.3, 0.4) is 0 Å². The van der Waals surface area contributed by atoms with E-state index in [1.54, 1.807) is 12.3 Å². The molecule has 0 unspecified atom stereocenters. The molecule has 0 saturated carbocycles. The lowest BCUT2D eigenvalue weighted by Gasteiger charge is -2.34. The molecular formula is C26H21F3N4O3S. The molecule has 0 bridgehead atoms. The number of piperazine rings is 1. The van der Waals surface area contributed by atoms with Gasteiger partial charge in [-0.25, -0.2) is 31.6 Å². The number of ether oxygens (including phenoxy) is 1. The Morgan fingerprint density at radius 2 is 1.41 bits per heavy atom. The number of halogens is 3. The summed E-state index contributed by atoms with van der Waals surface area (Å²) in [5, 5.41) is 0. The Labute approximate surface area is 211 Å². The topological polar surface area (TPSA) is 75.6 Å². The van der Waals surface area contributed by atoms with E-state index in [9.17, 15) is 21.6 Å². The predicted molar refractivity (Wildman–Crippen MR) is 131 cm³/mol. The lowest BCUT2D eigenvalue weighted by atomic mass is 10.1. The summed E-state index contributed by atoms with van der Waals surface area (Å²) >= 11 is 0. The molecule has 0 N–H and O–H groups in total. The van der Waals surface area contributed by atoms with Crippen molar-refractivity contribution in [3.05, 3.63) is 96.4 Å². The summed E-state index contributed by atoms with van der Waals surface area (Å²) in [7, 11) is -4.34. The Morgan fingerprint density at radius 3 is 2.11 bits per heavy atom. The van der Waals surface area contributed by atoms with Crippen molar-refractivity contribution < 1.29 is 26.3 Å². The molecule has 0 spiro atoms. The number of aromatic nitrogens is 2. The standard InChI is InChI=1S/C26H21F3N4O3S/c27-21-16-23(29)25(17-22(21)28)37(34,35)33-14-12-32(13-15-33)26-30-11-10-24(31-26)18-6-8-20(9-7-18)36-19-4-2-1-3-5-19/h1-11,16-17H,12-15H2. The van der Waals surface area contributed by atoms with Gasteiger partial charge in [-0.3, -0.25) is 0 Å². The Balaban J connectivity index is 1.27. The summed E-state index contributed by atoms with van der Waals surface area (Å²) in [6.45, 7) is 0.468. The summed E-state index contributed by atoms with van der Waals surface area (Å²) in [6.07, 6.45) is 1.62. The second kappa shape index (κ2) is 10.2. The number of rotatable bonds is 6. The zero-order valence-corrected chi connectivity index (χ0v) is 20.2. The summed E-state index contributed by atoms with van der Waals surface area (Å²) in [5.41, 5.74) is 1.52. The maximum Gasteiger partial charge on any atom is 0.246 e. The second-order valence-electron chi connectivity index (χ2n) is 8.27. The summed E-state index contributed by atoms with van der Waals surface area (Å²) in [6, 6.07) is 19.2. The fourth-order valence-corrected chi connectivity index (χ4v) is 5.43. The maximum atomic E-state index is 14.1. The van der Waals surface area contributed by atoms with Crippen molar-refractivity contribution >= 4 is 16.0 Å². The van der Waals surface area contributed by atoms with Crippen LogP contribution in [0.4, 0.5) is 19.1 Å². The Bertz CT molecular complexity index is 1510. The molecule has 1 aromatic heterocycles. The third-order valence-corrected chi connectivity index (χ3v) is 7.80. The zero-order valence-electron chi connectivity index (χ0n) is 19.4. The molecule has 1 fully saturated rings. The molecule has 1 saturated heterocycles.